The Hall–Kier alpha value is -2.89. The number of benzene rings is 1. The van der Waals surface area contributed by atoms with Crippen molar-refractivity contribution in [3.8, 4) is 11.5 Å². The van der Waals surface area contributed by atoms with E-state index in [0.717, 1.165) is 41.9 Å². The fourth-order valence-electron chi connectivity index (χ4n) is 3.85. The highest BCUT2D eigenvalue weighted by molar-refractivity contribution is 5.72. The molecule has 0 unspecified atom stereocenters. The van der Waals surface area contributed by atoms with E-state index in [4.69, 9.17) is 9.97 Å². The summed E-state index contributed by atoms with van der Waals surface area (Å²) in [5, 5.41) is 0. The molecular formula is C20H16F2N4. The van der Waals surface area contributed by atoms with Crippen molar-refractivity contribution in [2.45, 2.75) is 25.7 Å². The molecule has 0 fully saturated rings. The first-order valence-corrected chi connectivity index (χ1v) is 8.77. The standard InChI is InChI=1S/C20H16F2N4/c21-14-10-12-7-9-26(18(12)11-15(14)22)20-13-4-3-6-16(13)24-19(25-20)17-5-1-2-8-23-17/h1-2,5,8,10-11H,3-4,6-7,9H2. The number of rotatable bonds is 2. The van der Waals surface area contributed by atoms with Crippen LogP contribution in [0.5, 0.6) is 0 Å². The van der Waals surface area contributed by atoms with Crippen LogP contribution in [0.4, 0.5) is 20.3 Å². The van der Waals surface area contributed by atoms with E-state index in [-0.39, 0.29) is 0 Å². The molecule has 2 aromatic heterocycles. The zero-order valence-electron chi connectivity index (χ0n) is 14.0. The van der Waals surface area contributed by atoms with E-state index in [9.17, 15) is 8.78 Å². The Kier molecular flexibility index (Phi) is 3.45. The molecule has 1 aliphatic heterocycles. The molecule has 3 aromatic rings. The molecule has 0 N–H and O–H groups in total. The molecule has 3 heterocycles. The summed E-state index contributed by atoms with van der Waals surface area (Å²) in [6.07, 6.45) is 5.23. The Morgan fingerprint density at radius 2 is 1.85 bits per heavy atom. The number of hydrogen-bond acceptors (Lipinski definition) is 4. The number of nitrogens with zero attached hydrogens (tertiary/aromatic N) is 4. The topological polar surface area (TPSA) is 41.9 Å². The Labute approximate surface area is 149 Å². The minimum absolute atomic E-state index is 0.581. The van der Waals surface area contributed by atoms with Gasteiger partial charge in [-0.3, -0.25) is 4.98 Å². The number of anilines is 2. The molecule has 2 aliphatic rings. The van der Waals surface area contributed by atoms with Crippen molar-refractivity contribution in [3.05, 3.63) is 65.0 Å². The van der Waals surface area contributed by atoms with Gasteiger partial charge in [-0.25, -0.2) is 18.7 Å². The van der Waals surface area contributed by atoms with Crippen molar-refractivity contribution in [3.63, 3.8) is 0 Å². The van der Waals surface area contributed by atoms with Gasteiger partial charge in [0.1, 0.15) is 11.5 Å². The van der Waals surface area contributed by atoms with Crippen molar-refractivity contribution in [1.82, 2.24) is 15.0 Å². The second-order valence-electron chi connectivity index (χ2n) is 6.66. The third-order valence-corrected chi connectivity index (χ3v) is 5.08. The van der Waals surface area contributed by atoms with Crippen LogP contribution in [0.15, 0.2) is 36.5 Å². The number of pyridine rings is 1. The number of hydrogen-bond donors (Lipinski definition) is 0. The van der Waals surface area contributed by atoms with E-state index in [1.54, 1.807) is 6.20 Å². The summed E-state index contributed by atoms with van der Waals surface area (Å²) in [6.45, 7) is 0.656. The second kappa shape index (κ2) is 5.83. The molecule has 6 heteroatoms. The summed E-state index contributed by atoms with van der Waals surface area (Å²) in [6, 6.07) is 8.22. The molecule has 1 aromatic carbocycles. The van der Waals surface area contributed by atoms with Crippen molar-refractivity contribution in [1.29, 1.82) is 0 Å². The summed E-state index contributed by atoms with van der Waals surface area (Å²) in [4.78, 5) is 15.8. The van der Waals surface area contributed by atoms with E-state index in [1.807, 2.05) is 23.1 Å². The third-order valence-electron chi connectivity index (χ3n) is 5.08. The van der Waals surface area contributed by atoms with Gasteiger partial charge in [-0.05, 0) is 49.4 Å². The average Bonchev–Trinajstić information content (AvgIpc) is 3.29. The molecular weight excluding hydrogens is 334 g/mol. The molecule has 0 radical (unpaired) electrons. The van der Waals surface area contributed by atoms with Crippen LogP contribution in [0.1, 0.15) is 23.2 Å². The van der Waals surface area contributed by atoms with Crippen LogP contribution in [0.2, 0.25) is 0 Å². The summed E-state index contributed by atoms with van der Waals surface area (Å²) in [5.41, 5.74) is 4.37. The van der Waals surface area contributed by atoms with Gasteiger partial charge in [-0.15, -0.1) is 0 Å². The van der Waals surface area contributed by atoms with Crippen molar-refractivity contribution < 1.29 is 8.78 Å². The number of fused-ring (bicyclic) bond motifs is 2. The zero-order chi connectivity index (χ0) is 17.7. The quantitative estimate of drug-likeness (QED) is 0.701. The maximum Gasteiger partial charge on any atom is 0.180 e. The van der Waals surface area contributed by atoms with Crippen LogP contribution in [0.3, 0.4) is 0 Å². The van der Waals surface area contributed by atoms with Crippen molar-refractivity contribution >= 4 is 11.5 Å². The van der Waals surface area contributed by atoms with Crippen molar-refractivity contribution in [2.75, 3.05) is 11.4 Å². The zero-order valence-corrected chi connectivity index (χ0v) is 14.0. The van der Waals surface area contributed by atoms with Gasteiger partial charge in [-0.2, -0.15) is 0 Å². The Balaban J connectivity index is 1.67. The predicted octanol–water partition coefficient (Wildman–Crippen LogP) is 4.00. The van der Waals surface area contributed by atoms with Crippen LogP contribution in [-0.2, 0) is 19.3 Å². The van der Waals surface area contributed by atoms with E-state index in [1.165, 1.54) is 12.1 Å². The maximum atomic E-state index is 13.8. The van der Waals surface area contributed by atoms with Gasteiger partial charge in [0.15, 0.2) is 17.5 Å². The van der Waals surface area contributed by atoms with Gasteiger partial charge < -0.3 is 4.90 Å². The van der Waals surface area contributed by atoms with Gasteiger partial charge in [0.25, 0.3) is 0 Å². The van der Waals surface area contributed by atoms with Crippen LogP contribution < -0.4 is 4.90 Å². The maximum absolute atomic E-state index is 13.8. The summed E-state index contributed by atoms with van der Waals surface area (Å²) < 4.78 is 27.4. The van der Waals surface area contributed by atoms with E-state index >= 15 is 0 Å². The molecule has 0 saturated carbocycles. The van der Waals surface area contributed by atoms with Gasteiger partial charge in [0, 0.05) is 35.8 Å². The van der Waals surface area contributed by atoms with Crippen LogP contribution in [0.25, 0.3) is 11.5 Å². The van der Waals surface area contributed by atoms with E-state index in [0.29, 0.717) is 30.2 Å². The number of aromatic nitrogens is 3. The molecule has 26 heavy (non-hydrogen) atoms. The molecule has 0 spiro atoms. The molecule has 0 bridgehead atoms. The molecule has 0 amide bonds. The first-order valence-electron chi connectivity index (χ1n) is 8.77. The smallest absolute Gasteiger partial charge is 0.180 e. The highest BCUT2D eigenvalue weighted by Gasteiger charge is 2.29. The fraction of sp³-hybridized carbons (Fsp3) is 0.250. The first kappa shape index (κ1) is 15.4. The molecule has 1 aliphatic carbocycles. The number of aryl methyl sites for hydroxylation is 1. The lowest BCUT2D eigenvalue weighted by molar-refractivity contribution is 0.508. The highest BCUT2D eigenvalue weighted by Crippen LogP contribution is 2.39. The van der Waals surface area contributed by atoms with Crippen molar-refractivity contribution in [2.24, 2.45) is 0 Å². The van der Waals surface area contributed by atoms with E-state index in [2.05, 4.69) is 4.98 Å². The molecule has 5 rings (SSSR count). The normalized spacial score (nSPS) is 15.2. The number of halogens is 2. The first-order chi connectivity index (χ1) is 12.7. The predicted molar refractivity (Wildman–Crippen MR) is 94.4 cm³/mol. The third kappa shape index (κ3) is 2.36. The van der Waals surface area contributed by atoms with Crippen LogP contribution >= 0.6 is 0 Å². The van der Waals surface area contributed by atoms with Gasteiger partial charge in [-0.1, -0.05) is 6.07 Å². The lowest BCUT2D eigenvalue weighted by Gasteiger charge is -2.22. The minimum Gasteiger partial charge on any atom is -0.325 e. The van der Waals surface area contributed by atoms with Crippen LogP contribution in [0, 0.1) is 11.6 Å². The Morgan fingerprint density at radius 3 is 2.69 bits per heavy atom. The van der Waals surface area contributed by atoms with Gasteiger partial charge >= 0.3 is 0 Å². The molecule has 0 saturated heterocycles. The second-order valence-corrected chi connectivity index (χ2v) is 6.66. The van der Waals surface area contributed by atoms with Gasteiger partial charge in [0.2, 0.25) is 0 Å². The highest BCUT2D eigenvalue weighted by atomic mass is 19.2. The Bertz CT molecular complexity index is 1000. The summed E-state index contributed by atoms with van der Waals surface area (Å²) in [5.74, 6) is -0.241. The minimum atomic E-state index is -0.827. The summed E-state index contributed by atoms with van der Waals surface area (Å²) in [7, 11) is 0. The van der Waals surface area contributed by atoms with E-state index < -0.39 is 11.6 Å². The average molecular weight is 350 g/mol. The van der Waals surface area contributed by atoms with Crippen LogP contribution in [-0.4, -0.2) is 21.5 Å². The van der Waals surface area contributed by atoms with Gasteiger partial charge in [0.05, 0.1) is 0 Å². The Morgan fingerprint density at radius 1 is 0.962 bits per heavy atom. The molecule has 130 valence electrons. The molecule has 4 nitrogen and oxygen atoms in total. The lowest BCUT2D eigenvalue weighted by Crippen LogP contribution is -2.18. The monoisotopic (exact) mass is 350 g/mol. The molecule has 0 atom stereocenters. The SMILES string of the molecule is Fc1cc2c(cc1F)N(c1nc(-c3ccccn3)nc3c1CCC3)CC2. The fourth-order valence-corrected chi connectivity index (χ4v) is 3.85. The largest absolute Gasteiger partial charge is 0.325 e. The lowest BCUT2D eigenvalue weighted by atomic mass is 10.1. The summed E-state index contributed by atoms with van der Waals surface area (Å²) >= 11 is 0.